The van der Waals surface area contributed by atoms with E-state index in [4.69, 9.17) is 16.3 Å². The zero-order valence-electron chi connectivity index (χ0n) is 11.4. The first-order chi connectivity index (χ1) is 9.37. The van der Waals surface area contributed by atoms with E-state index in [0.717, 1.165) is 23.3 Å². The Labute approximate surface area is 124 Å². The molecule has 20 heavy (non-hydrogen) atoms. The predicted octanol–water partition coefficient (Wildman–Crippen LogP) is 1.94. The number of ether oxygens (including phenoxy) is 1. The van der Waals surface area contributed by atoms with Crippen LogP contribution in [0.2, 0.25) is 5.02 Å². The maximum atomic E-state index is 11.6. The van der Waals surface area contributed by atoms with Crippen molar-refractivity contribution in [1.29, 1.82) is 0 Å². The fourth-order valence-electron chi connectivity index (χ4n) is 2.94. The van der Waals surface area contributed by atoms with Crippen molar-refractivity contribution in [2.24, 2.45) is 0 Å². The third kappa shape index (κ3) is 2.80. The summed E-state index contributed by atoms with van der Waals surface area (Å²) in [6.45, 7) is 3.23. The summed E-state index contributed by atoms with van der Waals surface area (Å²) in [7, 11) is -2.90. The largest absolute Gasteiger partial charge is 0.493 e. The van der Waals surface area contributed by atoms with Crippen LogP contribution in [-0.2, 0) is 22.8 Å². The van der Waals surface area contributed by atoms with Gasteiger partial charge in [-0.05, 0) is 31.0 Å². The van der Waals surface area contributed by atoms with Crippen LogP contribution in [-0.4, -0.2) is 32.1 Å². The van der Waals surface area contributed by atoms with Crippen molar-refractivity contribution in [1.82, 2.24) is 5.32 Å². The molecule has 110 valence electrons. The summed E-state index contributed by atoms with van der Waals surface area (Å²) in [4.78, 5) is 0. The van der Waals surface area contributed by atoms with Crippen LogP contribution in [0.15, 0.2) is 12.1 Å². The minimum absolute atomic E-state index is 0.198. The third-order valence-electron chi connectivity index (χ3n) is 4.03. The lowest BCUT2D eigenvalue weighted by atomic mass is 10.0. The van der Waals surface area contributed by atoms with Gasteiger partial charge in [0.1, 0.15) is 5.75 Å². The molecule has 0 aromatic heterocycles. The number of fused-ring (bicyclic) bond motifs is 1. The van der Waals surface area contributed by atoms with E-state index in [1.54, 1.807) is 0 Å². The molecule has 1 aromatic rings. The molecule has 1 unspecified atom stereocenters. The van der Waals surface area contributed by atoms with E-state index in [1.165, 1.54) is 0 Å². The highest BCUT2D eigenvalue weighted by Crippen LogP contribution is 2.33. The van der Waals surface area contributed by atoms with Crippen LogP contribution >= 0.6 is 11.6 Å². The Morgan fingerprint density at radius 2 is 2.25 bits per heavy atom. The summed E-state index contributed by atoms with van der Waals surface area (Å²) < 4.78 is 28.9. The first kappa shape index (κ1) is 14.2. The molecule has 1 N–H and O–H groups in total. The number of nitrogens with one attached hydrogen (secondary N) is 1. The molecule has 0 spiro atoms. The fourth-order valence-corrected chi connectivity index (χ4v) is 5.32. The molecule has 0 amide bonds. The number of halogens is 1. The van der Waals surface area contributed by atoms with Gasteiger partial charge in [-0.25, -0.2) is 8.42 Å². The van der Waals surface area contributed by atoms with Crippen LogP contribution in [0, 0.1) is 0 Å². The van der Waals surface area contributed by atoms with Gasteiger partial charge in [0.05, 0.1) is 18.1 Å². The quantitative estimate of drug-likeness (QED) is 0.926. The highest BCUT2D eigenvalue weighted by atomic mass is 35.5. The lowest BCUT2D eigenvalue weighted by molar-refractivity contribution is 0.346. The normalized spacial score (nSPS) is 27.3. The summed E-state index contributed by atoms with van der Waals surface area (Å²) in [5, 5.41) is 4.07. The lowest BCUT2D eigenvalue weighted by Crippen LogP contribution is -2.42. The number of sulfone groups is 1. The average Bonchev–Trinajstić information content (AvgIpc) is 2.91. The van der Waals surface area contributed by atoms with Gasteiger partial charge < -0.3 is 10.1 Å². The minimum Gasteiger partial charge on any atom is -0.493 e. The van der Waals surface area contributed by atoms with Crippen molar-refractivity contribution in [2.75, 3.05) is 18.1 Å². The highest BCUT2D eigenvalue weighted by Gasteiger charge is 2.38. The Morgan fingerprint density at radius 3 is 2.95 bits per heavy atom. The predicted molar refractivity (Wildman–Crippen MR) is 79.2 cm³/mol. The molecule has 0 radical (unpaired) electrons. The van der Waals surface area contributed by atoms with Gasteiger partial charge in [-0.3, -0.25) is 0 Å². The molecule has 2 aliphatic heterocycles. The van der Waals surface area contributed by atoms with Crippen LogP contribution in [0.1, 0.15) is 24.5 Å². The van der Waals surface area contributed by atoms with Gasteiger partial charge in [0.2, 0.25) is 0 Å². The molecule has 4 nitrogen and oxygen atoms in total. The molecule has 2 aliphatic rings. The zero-order valence-corrected chi connectivity index (χ0v) is 13.0. The Morgan fingerprint density at radius 1 is 1.45 bits per heavy atom. The van der Waals surface area contributed by atoms with Crippen molar-refractivity contribution in [3.63, 3.8) is 0 Å². The van der Waals surface area contributed by atoms with Gasteiger partial charge in [0.15, 0.2) is 9.84 Å². The number of benzene rings is 1. The highest BCUT2D eigenvalue weighted by molar-refractivity contribution is 7.91. The Bertz CT molecular complexity index is 644. The van der Waals surface area contributed by atoms with Crippen LogP contribution in [0.3, 0.4) is 0 Å². The van der Waals surface area contributed by atoms with Gasteiger partial charge in [-0.2, -0.15) is 0 Å². The lowest BCUT2D eigenvalue weighted by Gasteiger charge is -2.24. The maximum absolute atomic E-state index is 11.6. The van der Waals surface area contributed by atoms with Crippen molar-refractivity contribution in [3.05, 3.63) is 28.3 Å². The van der Waals surface area contributed by atoms with Gasteiger partial charge in [0.25, 0.3) is 0 Å². The Hall–Kier alpha value is -0.780. The molecule has 1 saturated heterocycles. The van der Waals surface area contributed by atoms with E-state index in [2.05, 4.69) is 5.32 Å². The van der Waals surface area contributed by atoms with Crippen molar-refractivity contribution in [2.45, 2.75) is 31.8 Å². The summed E-state index contributed by atoms with van der Waals surface area (Å²) >= 11 is 6.12. The number of hydrogen-bond acceptors (Lipinski definition) is 4. The molecular weight excluding hydrogens is 298 g/mol. The summed E-state index contributed by atoms with van der Waals surface area (Å²) in [6, 6.07) is 3.83. The van der Waals surface area contributed by atoms with Crippen LogP contribution in [0.4, 0.5) is 0 Å². The molecular formula is C14H18ClNO3S. The van der Waals surface area contributed by atoms with Crippen LogP contribution in [0.5, 0.6) is 5.75 Å². The number of hydrogen-bond donors (Lipinski definition) is 1. The van der Waals surface area contributed by atoms with E-state index in [1.807, 2.05) is 19.1 Å². The summed E-state index contributed by atoms with van der Waals surface area (Å²) in [6.07, 6.45) is 1.54. The molecule has 0 bridgehead atoms. The standard InChI is InChI=1S/C14H18ClNO3S/c1-14(3-5-20(17,18)9-14)16-8-11-7-12(15)6-10-2-4-19-13(10)11/h6-7,16H,2-5,8-9H2,1H3. The van der Waals surface area contributed by atoms with Crippen LogP contribution in [0.25, 0.3) is 0 Å². The monoisotopic (exact) mass is 315 g/mol. The van der Waals surface area contributed by atoms with Crippen molar-refractivity contribution in [3.8, 4) is 5.75 Å². The van der Waals surface area contributed by atoms with Gasteiger partial charge >= 0.3 is 0 Å². The topological polar surface area (TPSA) is 55.4 Å². The molecule has 3 rings (SSSR count). The first-order valence-electron chi connectivity index (χ1n) is 6.76. The van der Waals surface area contributed by atoms with E-state index in [0.29, 0.717) is 24.6 Å². The second-order valence-electron chi connectivity index (χ2n) is 5.91. The maximum Gasteiger partial charge on any atom is 0.152 e. The minimum atomic E-state index is -2.90. The van der Waals surface area contributed by atoms with Gasteiger partial charge in [0, 0.05) is 29.1 Å². The SMILES string of the molecule is CC1(NCc2cc(Cl)cc3c2OCC3)CCS(=O)(=O)C1. The third-order valence-corrected chi connectivity index (χ3v) is 6.16. The fraction of sp³-hybridized carbons (Fsp3) is 0.571. The molecule has 1 atom stereocenters. The molecule has 1 aromatic carbocycles. The van der Waals surface area contributed by atoms with Crippen LogP contribution < -0.4 is 10.1 Å². The molecule has 2 heterocycles. The number of rotatable bonds is 3. The van der Waals surface area contributed by atoms with E-state index >= 15 is 0 Å². The molecule has 0 saturated carbocycles. The molecule has 1 fully saturated rings. The molecule has 6 heteroatoms. The van der Waals surface area contributed by atoms with E-state index in [-0.39, 0.29) is 17.0 Å². The first-order valence-corrected chi connectivity index (χ1v) is 8.96. The summed E-state index contributed by atoms with van der Waals surface area (Å²) in [5.74, 6) is 1.37. The smallest absolute Gasteiger partial charge is 0.152 e. The van der Waals surface area contributed by atoms with Crippen molar-refractivity contribution >= 4 is 21.4 Å². The van der Waals surface area contributed by atoms with Gasteiger partial charge in [-0.1, -0.05) is 11.6 Å². The van der Waals surface area contributed by atoms with E-state index in [9.17, 15) is 8.42 Å². The Balaban J connectivity index is 1.77. The Kier molecular flexibility index (Phi) is 3.47. The average molecular weight is 316 g/mol. The zero-order chi connectivity index (χ0) is 14.4. The second kappa shape index (κ2) is 4.90. The van der Waals surface area contributed by atoms with Gasteiger partial charge in [-0.15, -0.1) is 0 Å². The molecule has 0 aliphatic carbocycles. The second-order valence-corrected chi connectivity index (χ2v) is 8.53. The van der Waals surface area contributed by atoms with Crippen molar-refractivity contribution < 1.29 is 13.2 Å². The summed E-state index contributed by atoms with van der Waals surface area (Å²) in [5.41, 5.74) is 1.79. The van der Waals surface area contributed by atoms with E-state index < -0.39 is 9.84 Å².